The highest BCUT2D eigenvalue weighted by Crippen LogP contribution is 2.55. The molecule has 3 atom stereocenters. The fourth-order valence-electron chi connectivity index (χ4n) is 3.32. The highest BCUT2D eigenvalue weighted by Gasteiger charge is 2.65. The molecule has 20 heavy (non-hydrogen) atoms. The Kier molecular flexibility index (Phi) is 2.54. The summed E-state index contributed by atoms with van der Waals surface area (Å²) in [5.74, 6) is 0.566. The molecule has 0 aromatic heterocycles. The van der Waals surface area contributed by atoms with Crippen molar-refractivity contribution in [3.05, 3.63) is 42.5 Å². The first-order valence-electron chi connectivity index (χ1n) is 6.68. The highest BCUT2D eigenvalue weighted by atomic mass is 79.9. The van der Waals surface area contributed by atoms with Gasteiger partial charge in [-0.05, 0) is 18.6 Å². The van der Waals surface area contributed by atoms with E-state index < -0.39 is 0 Å². The minimum atomic E-state index is -0.382. The van der Waals surface area contributed by atoms with Gasteiger partial charge in [0.1, 0.15) is 11.4 Å². The first-order valence-corrected chi connectivity index (χ1v) is 7.48. The number of likely N-dealkylation sites (tertiary alicyclic amines) is 1. The van der Waals surface area contributed by atoms with Crippen LogP contribution in [0.2, 0.25) is 0 Å². The summed E-state index contributed by atoms with van der Waals surface area (Å²) in [6.45, 7) is 1.15. The van der Waals surface area contributed by atoms with Crippen LogP contribution < -0.4 is 4.74 Å². The van der Waals surface area contributed by atoms with Gasteiger partial charge in [0, 0.05) is 6.54 Å². The molecule has 1 aromatic carbocycles. The van der Waals surface area contributed by atoms with Gasteiger partial charge in [-0.3, -0.25) is 0 Å². The van der Waals surface area contributed by atoms with Crippen LogP contribution in [0.15, 0.2) is 42.5 Å². The number of halogens is 1. The molecule has 0 radical (unpaired) electrons. The summed E-state index contributed by atoms with van der Waals surface area (Å²) in [6.07, 6.45) is 4.94. The normalized spacial score (nSPS) is 37.2. The number of carbonyl (C=O) groups is 1. The molecule has 3 aliphatic rings. The third-order valence-corrected chi connectivity index (χ3v) is 5.54. The van der Waals surface area contributed by atoms with Crippen LogP contribution in [0.3, 0.4) is 0 Å². The number of fused-ring (bicyclic) bond motifs is 1. The number of alkyl halides is 1. The van der Waals surface area contributed by atoms with Gasteiger partial charge in [0.15, 0.2) is 0 Å². The summed E-state index contributed by atoms with van der Waals surface area (Å²) in [5.41, 5.74) is -0.382. The molecule has 2 bridgehead atoms. The Bertz CT molecular complexity index is 590. The molecule has 3 unspecified atom stereocenters. The molecule has 3 aliphatic heterocycles. The molecule has 5 heteroatoms. The topological polar surface area (TPSA) is 38.8 Å². The zero-order chi connectivity index (χ0) is 13.8. The quantitative estimate of drug-likeness (QED) is 0.585. The number of amides is 1. The monoisotopic (exact) mass is 335 g/mol. The van der Waals surface area contributed by atoms with Crippen LogP contribution in [0.25, 0.3) is 0 Å². The lowest BCUT2D eigenvalue weighted by Crippen LogP contribution is -2.43. The van der Waals surface area contributed by atoms with Crippen LogP contribution >= 0.6 is 15.9 Å². The summed E-state index contributed by atoms with van der Waals surface area (Å²) < 4.78 is 11.2. The predicted octanol–water partition coefficient (Wildman–Crippen LogP) is 2.73. The van der Waals surface area contributed by atoms with Crippen molar-refractivity contribution in [2.24, 2.45) is 0 Å². The standard InChI is InChI=1S/C15H14BrNO3/c16-14-8-12-6-7-15(14,20-12)10-17(9-14)13(18)19-11-4-2-1-3-5-11/h1-7,12H,8-10H2. The molecule has 0 aliphatic carbocycles. The van der Waals surface area contributed by atoms with Crippen molar-refractivity contribution < 1.29 is 14.3 Å². The SMILES string of the molecule is O=C(Oc1ccccc1)N1CC2(Br)CC3C=CC2(C1)O3. The largest absolute Gasteiger partial charge is 0.415 e. The van der Waals surface area contributed by atoms with Gasteiger partial charge < -0.3 is 14.4 Å². The third kappa shape index (κ3) is 1.66. The Labute approximate surface area is 125 Å². The van der Waals surface area contributed by atoms with Gasteiger partial charge in [-0.2, -0.15) is 0 Å². The van der Waals surface area contributed by atoms with Crippen LogP contribution in [0.1, 0.15) is 6.42 Å². The summed E-state index contributed by atoms with van der Waals surface area (Å²) in [6, 6.07) is 9.14. The minimum Gasteiger partial charge on any atom is -0.410 e. The number of carbonyl (C=O) groups excluding carboxylic acids is 1. The molecular weight excluding hydrogens is 322 g/mol. The van der Waals surface area contributed by atoms with E-state index in [0.29, 0.717) is 18.8 Å². The molecule has 1 aromatic rings. The van der Waals surface area contributed by atoms with E-state index in [-0.39, 0.29) is 22.1 Å². The van der Waals surface area contributed by atoms with Crippen molar-refractivity contribution in [1.82, 2.24) is 4.90 Å². The Balaban J connectivity index is 1.52. The number of nitrogens with zero attached hydrogens (tertiary/aromatic N) is 1. The van der Waals surface area contributed by atoms with E-state index in [1.807, 2.05) is 18.2 Å². The Morgan fingerprint density at radius 3 is 2.85 bits per heavy atom. The van der Waals surface area contributed by atoms with Gasteiger partial charge >= 0.3 is 6.09 Å². The molecule has 1 spiro atoms. The van der Waals surface area contributed by atoms with E-state index in [1.165, 1.54) is 0 Å². The molecule has 104 valence electrons. The smallest absolute Gasteiger partial charge is 0.410 e. The second kappa shape index (κ2) is 4.09. The van der Waals surface area contributed by atoms with E-state index >= 15 is 0 Å². The van der Waals surface area contributed by atoms with Gasteiger partial charge in [0.2, 0.25) is 0 Å². The number of ether oxygens (including phenoxy) is 2. The minimum absolute atomic E-state index is 0.172. The first kappa shape index (κ1) is 12.4. The average molecular weight is 336 g/mol. The molecule has 4 rings (SSSR count). The molecule has 1 amide bonds. The number of hydrogen-bond acceptors (Lipinski definition) is 3. The van der Waals surface area contributed by atoms with E-state index in [9.17, 15) is 4.79 Å². The summed E-state index contributed by atoms with van der Waals surface area (Å²) in [5, 5.41) is 0. The second-order valence-electron chi connectivity index (χ2n) is 5.61. The van der Waals surface area contributed by atoms with Crippen molar-refractivity contribution in [3.8, 4) is 5.75 Å². The van der Waals surface area contributed by atoms with E-state index in [0.717, 1.165) is 6.42 Å². The molecule has 2 fully saturated rings. The number of rotatable bonds is 1. The molecule has 4 nitrogen and oxygen atoms in total. The Hall–Kier alpha value is -1.33. The van der Waals surface area contributed by atoms with Crippen LogP contribution in [-0.2, 0) is 4.74 Å². The average Bonchev–Trinajstić information content (AvgIpc) is 3.02. The fraction of sp³-hybridized carbons (Fsp3) is 0.400. The van der Waals surface area contributed by atoms with Crippen molar-refractivity contribution in [2.75, 3.05) is 13.1 Å². The van der Waals surface area contributed by atoms with Crippen LogP contribution in [0.5, 0.6) is 5.75 Å². The number of para-hydroxylation sites is 1. The Morgan fingerprint density at radius 2 is 2.15 bits per heavy atom. The van der Waals surface area contributed by atoms with Gasteiger partial charge in [-0.15, -0.1) is 0 Å². The van der Waals surface area contributed by atoms with E-state index in [1.54, 1.807) is 17.0 Å². The van der Waals surface area contributed by atoms with Crippen molar-refractivity contribution in [1.29, 1.82) is 0 Å². The van der Waals surface area contributed by atoms with Gasteiger partial charge in [-0.25, -0.2) is 4.79 Å². The maximum Gasteiger partial charge on any atom is 0.415 e. The zero-order valence-electron chi connectivity index (χ0n) is 10.8. The molecule has 0 N–H and O–H groups in total. The maximum atomic E-state index is 12.3. The van der Waals surface area contributed by atoms with Gasteiger partial charge in [0.05, 0.1) is 17.0 Å². The van der Waals surface area contributed by atoms with Gasteiger partial charge in [0.25, 0.3) is 0 Å². The number of benzene rings is 1. The molecule has 0 saturated carbocycles. The maximum absolute atomic E-state index is 12.3. The summed E-state index contributed by atoms with van der Waals surface area (Å²) in [7, 11) is 0. The lowest BCUT2D eigenvalue weighted by molar-refractivity contribution is 0.0290. The van der Waals surface area contributed by atoms with E-state index in [2.05, 4.69) is 28.1 Å². The molecule has 2 saturated heterocycles. The summed E-state index contributed by atoms with van der Waals surface area (Å²) >= 11 is 3.79. The molecule has 3 heterocycles. The van der Waals surface area contributed by atoms with E-state index in [4.69, 9.17) is 9.47 Å². The lowest BCUT2D eigenvalue weighted by atomic mass is 9.86. The van der Waals surface area contributed by atoms with Crippen LogP contribution in [-0.4, -0.2) is 40.1 Å². The fourth-order valence-corrected chi connectivity index (χ4v) is 4.30. The van der Waals surface area contributed by atoms with Crippen molar-refractivity contribution in [2.45, 2.75) is 22.5 Å². The van der Waals surface area contributed by atoms with Crippen LogP contribution in [0, 0.1) is 0 Å². The molecular formula is C15H14BrNO3. The highest BCUT2D eigenvalue weighted by molar-refractivity contribution is 9.10. The number of hydrogen-bond donors (Lipinski definition) is 0. The first-order chi connectivity index (χ1) is 9.60. The third-order valence-electron chi connectivity index (χ3n) is 4.30. The summed E-state index contributed by atoms with van der Waals surface area (Å²) in [4.78, 5) is 14.0. The van der Waals surface area contributed by atoms with Gasteiger partial charge in [-0.1, -0.05) is 46.3 Å². The van der Waals surface area contributed by atoms with Crippen LogP contribution in [0.4, 0.5) is 4.79 Å². The predicted molar refractivity (Wildman–Crippen MR) is 77.1 cm³/mol. The van der Waals surface area contributed by atoms with Crippen molar-refractivity contribution >= 4 is 22.0 Å². The second-order valence-corrected chi connectivity index (χ2v) is 7.13. The zero-order valence-corrected chi connectivity index (χ0v) is 12.4. The Morgan fingerprint density at radius 1 is 1.35 bits per heavy atom. The van der Waals surface area contributed by atoms with Crippen molar-refractivity contribution in [3.63, 3.8) is 0 Å². The lowest BCUT2D eigenvalue weighted by Gasteiger charge is -2.28.